The van der Waals surface area contributed by atoms with Crippen molar-refractivity contribution in [2.75, 3.05) is 13.1 Å². The van der Waals surface area contributed by atoms with E-state index in [-0.39, 0.29) is 11.6 Å². The Morgan fingerprint density at radius 1 is 1.19 bits per heavy atom. The van der Waals surface area contributed by atoms with Crippen LogP contribution in [0.2, 0.25) is 0 Å². The van der Waals surface area contributed by atoms with Crippen molar-refractivity contribution in [3.63, 3.8) is 0 Å². The number of rotatable bonds is 3. The van der Waals surface area contributed by atoms with Gasteiger partial charge in [-0.2, -0.15) is 0 Å². The summed E-state index contributed by atoms with van der Waals surface area (Å²) < 4.78 is 15.4. The van der Waals surface area contributed by atoms with Gasteiger partial charge in [-0.3, -0.25) is 9.69 Å². The number of Topliss-reactive ketones (excluding diaryl/α,β-unsaturated/α-hetero) is 1. The summed E-state index contributed by atoms with van der Waals surface area (Å²) in [5.74, 6) is 0.286. The van der Waals surface area contributed by atoms with E-state index < -0.39 is 0 Å². The van der Waals surface area contributed by atoms with Crippen LogP contribution >= 0.6 is 0 Å². The summed E-state index contributed by atoms with van der Waals surface area (Å²) >= 11 is 0. The lowest BCUT2D eigenvalue weighted by Gasteiger charge is -2.24. The van der Waals surface area contributed by atoms with Crippen molar-refractivity contribution >= 4 is 16.7 Å². The maximum Gasteiger partial charge on any atom is 0.182 e. The molecule has 0 radical (unpaired) electrons. The first-order valence-corrected chi connectivity index (χ1v) is 9.23. The Labute approximate surface area is 152 Å². The van der Waals surface area contributed by atoms with Crippen molar-refractivity contribution in [1.29, 1.82) is 0 Å². The van der Waals surface area contributed by atoms with Gasteiger partial charge >= 0.3 is 0 Å². The Morgan fingerprint density at radius 3 is 2.81 bits per heavy atom. The zero-order valence-corrected chi connectivity index (χ0v) is 14.8. The largest absolute Gasteiger partial charge is 0.335 e. The summed E-state index contributed by atoms with van der Waals surface area (Å²) in [5, 5.41) is 1.30. The fourth-order valence-electron chi connectivity index (χ4n) is 4.65. The van der Waals surface area contributed by atoms with Crippen LogP contribution in [0.1, 0.15) is 39.5 Å². The van der Waals surface area contributed by atoms with Crippen molar-refractivity contribution in [1.82, 2.24) is 9.47 Å². The number of hydrogen-bond donors (Lipinski definition) is 0. The molecule has 5 rings (SSSR count). The van der Waals surface area contributed by atoms with Gasteiger partial charge in [-0.15, -0.1) is 0 Å². The number of halogens is 1. The molecular weight excluding hydrogens is 327 g/mol. The summed E-state index contributed by atoms with van der Waals surface area (Å²) in [5.41, 5.74) is 5.69. The number of aromatic nitrogens is 1. The topological polar surface area (TPSA) is 25.2 Å². The smallest absolute Gasteiger partial charge is 0.182 e. The Balaban J connectivity index is 1.62. The van der Waals surface area contributed by atoms with Crippen LogP contribution in [-0.4, -0.2) is 28.3 Å². The molecule has 0 amide bonds. The van der Waals surface area contributed by atoms with Crippen LogP contribution in [0, 0.1) is 12.7 Å². The molecule has 1 aromatic heterocycles. The highest BCUT2D eigenvalue weighted by atomic mass is 19.1. The first-order valence-electron chi connectivity index (χ1n) is 9.23. The zero-order chi connectivity index (χ0) is 17.8. The normalized spacial score (nSPS) is 21.2. The predicted octanol–water partition coefficient (Wildman–Crippen LogP) is 4.27. The van der Waals surface area contributed by atoms with Crippen LogP contribution in [0.15, 0.2) is 42.5 Å². The fraction of sp³-hybridized carbons (Fsp3) is 0.318. The minimum Gasteiger partial charge on any atom is -0.335 e. The van der Waals surface area contributed by atoms with Crippen LogP contribution in [0.25, 0.3) is 10.9 Å². The highest BCUT2D eigenvalue weighted by Crippen LogP contribution is 2.42. The third-order valence-electron chi connectivity index (χ3n) is 5.89. The Bertz CT molecular complexity index is 1020. The van der Waals surface area contributed by atoms with Crippen LogP contribution in [0.5, 0.6) is 0 Å². The van der Waals surface area contributed by atoms with E-state index in [0.29, 0.717) is 18.0 Å². The van der Waals surface area contributed by atoms with Gasteiger partial charge in [0.05, 0.1) is 6.54 Å². The molecule has 3 heterocycles. The van der Waals surface area contributed by atoms with Gasteiger partial charge < -0.3 is 4.57 Å². The lowest BCUT2D eigenvalue weighted by atomic mass is 9.93. The fourth-order valence-corrected chi connectivity index (χ4v) is 4.65. The third-order valence-corrected chi connectivity index (χ3v) is 5.89. The monoisotopic (exact) mass is 348 g/mol. The molecule has 0 N–H and O–H groups in total. The molecule has 0 spiro atoms. The number of fused-ring (bicyclic) bond motifs is 6. The molecule has 2 atom stereocenters. The quantitative estimate of drug-likeness (QED) is 0.660. The van der Waals surface area contributed by atoms with Gasteiger partial charge in [0.25, 0.3) is 0 Å². The van der Waals surface area contributed by atoms with E-state index >= 15 is 0 Å². The van der Waals surface area contributed by atoms with E-state index in [9.17, 15) is 9.18 Å². The minimum atomic E-state index is -0.315. The molecule has 2 aliphatic heterocycles. The summed E-state index contributed by atoms with van der Waals surface area (Å²) in [7, 11) is 0. The molecule has 2 bridgehead atoms. The van der Waals surface area contributed by atoms with E-state index in [1.807, 2.05) is 0 Å². The second-order valence-corrected chi connectivity index (χ2v) is 7.62. The van der Waals surface area contributed by atoms with Crippen LogP contribution in [0.3, 0.4) is 0 Å². The molecule has 1 saturated heterocycles. The van der Waals surface area contributed by atoms with E-state index in [1.54, 1.807) is 12.1 Å². The predicted molar refractivity (Wildman–Crippen MR) is 100 cm³/mol. The molecule has 2 aromatic carbocycles. The lowest BCUT2D eigenvalue weighted by molar-refractivity contribution is 0.0971. The molecule has 0 aliphatic carbocycles. The van der Waals surface area contributed by atoms with Crippen molar-refractivity contribution in [2.45, 2.75) is 32.4 Å². The number of carbonyl (C=O) groups is 1. The number of ketones is 1. The highest BCUT2D eigenvalue weighted by Gasteiger charge is 2.35. The second kappa shape index (κ2) is 5.78. The molecular formula is C22H21FN2O. The second-order valence-electron chi connectivity index (χ2n) is 7.62. The molecule has 2 unspecified atom stereocenters. The summed E-state index contributed by atoms with van der Waals surface area (Å²) in [6.07, 6.45) is 1.20. The number of benzene rings is 2. The van der Waals surface area contributed by atoms with Gasteiger partial charge in [0.1, 0.15) is 5.82 Å². The van der Waals surface area contributed by atoms with Gasteiger partial charge in [0.2, 0.25) is 0 Å². The third kappa shape index (κ3) is 2.40. The van der Waals surface area contributed by atoms with Crippen molar-refractivity contribution in [3.8, 4) is 0 Å². The SMILES string of the molecule is Cc1ccc2c(c1)c1c(n2CC(=O)c2ccc(F)cc2)CN2CCC1C2. The number of nitrogens with zero attached hydrogens (tertiary/aromatic N) is 2. The summed E-state index contributed by atoms with van der Waals surface area (Å²) in [6.45, 7) is 5.61. The van der Waals surface area contributed by atoms with E-state index in [0.717, 1.165) is 25.2 Å². The Kier molecular flexibility index (Phi) is 3.50. The lowest BCUT2D eigenvalue weighted by Crippen LogP contribution is -2.27. The number of aryl methyl sites for hydroxylation is 1. The number of carbonyl (C=O) groups excluding carboxylic acids is 1. The molecule has 26 heavy (non-hydrogen) atoms. The van der Waals surface area contributed by atoms with Crippen molar-refractivity contribution in [3.05, 3.63) is 70.7 Å². The molecule has 4 heteroatoms. The average molecular weight is 348 g/mol. The van der Waals surface area contributed by atoms with Gasteiger partial charge in [-0.05, 0) is 61.9 Å². The first kappa shape index (κ1) is 15.8. The maximum atomic E-state index is 13.2. The van der Waals surface area contributed by atoms with Crippen LogP contribution in [-0.2, 0) is 13.1 Å². The molecule has 3 nitrogen and oxygen atoms in total. The van der Waals surface area contributed by atoms with Gasteiger partial charge in [-0.1, -0.05) is 11.6 Å². The van der Waals surface area contributed by atoms with Crippen LogP contribution < -0.4 is 0 Å². The van der Waals surface area contributed by atoms with E-state index in [2.05, 4.69) is 34.6 Å². The van der Waals surface area contributed by atoms with Gasteiger partial charge in [0, 0.05) is 41.2 Å². The Hall–Kier alpha value is -2.46. The van der Waals surface area contributed by atoms with Crippen LogP contribution in [0.4, 0.5) is 4.39 Å². The first-order chi connectivity index (χ1) is 12.6. The summed E-state index contributed by atoms with van der Waals surface area (Å²) in [4.78, 5) is 15.3. The maximum absolute atomic E-state index is 13.2. The van der Waals surface area contributed by atoms with E-state index in [4.69, 9.17) is 0 Å². The van der Waals surface area contributed by atoms with Gasteiger partial charge in [-0.25, -0.2) is 4.39 Å². The number of hydrogen-bond acceptors (Lipinski definition) is 2. The molecule has 3 aromatic rings. The standard InChI is InChI=1S/C22H21FN2O/c1-14-2-7-19-18(10-14)22-16-8-9-24(11-16)12-20(22)25(19)13-21(26)15-3-5-17(23)6-4-15/h2-7,10,16H,8-9,11-13H2,1H3. The highest BCUT2D eigenvalue weighted by molar-refractivity contribution is 5.97. The zero-order valence-electron chi connectivity index (χ0n) is 14.8. The molecule has 0 saturated carbocycles. The molecule has 132 valence electrons. The average Bonchev–Trinajstić information content (AvgIpc) is 3.15. The molecule has 1 fully saturated rings. The van der Waals surface area contributed by atoms with Gasteiger partial charge in [0.15, 0.2) is 5.78 Å². The minimum absolute atomic E-state index is 0.0261. The van der Waals surface area contributed by atoms with E-state index in [1.165, 1.54) is 40.8 Å². The Morgan fingerprint density at radius 2 is 2.00 bits per heavy atom. The summed E-state index contributed by atoms with van der Waals surface area (Å²) in [6, 6.07) is 12.4. The van der Waals surface area contributed by atoms with Crippen molar-refractivity contribution < 1.29 is 9.18 Å². The molecule has 2 aliphatic rings. The van der Waals surface area contributed by atoms with Crippen molar-refractivity contribution in [2.24, 2.45) is 0 Å².